The summed E-state index contributed by atoms with van der Waals surface area (Å²) in [6.07, 6.45) is 0. The maximum atomic E-state index is 11.2. The lowest BCUT2D eigenvalue weighted by atomic mass is 9.92. The molecule has 68 valence electrons. The van der Waals surface area contributed by atoms with Crippen LogP contribution < -0.4 is 5.84 Å². The predicted octanol–water partition coefficient (Wildman–Crippen LogP) is -0.295. The van der Waals surface area contributed by atoms with E-state index in [4.69, 9.17) is 11.1 Å². The highest BCUT2D eigenvalue weighted by molar-refractivity contribution is 6.10. The molecule has 0 aromatic carbocycles. The Morgan fingerprint density at radius 3 is 2.54 bits per heavy atom. The molecule has 1 aliphatic heterocycles. The lowest BCUT2D eigenvalue weighted by Crippen LogP contribution is -2.49. The standard InChI is InChI=1S/C8H9N3O2/c1-4-5(2)7(12)11(10)8(13)6(4)3-9/h5H,10H2,1-2H3. The average molecular weight is 179 g/mol. The predicted molar refractivity (Wildman–Crippen MR) is 43.5 cm³/mol. The first-order chi connectivity index (χ1) is 6.00. The van der Waals surface area contributed by atoms with Crippen LogP contribution in [0.5, 0.6) is 0 Å². The van der Waals surface area contributed by atoms with Crippen molar-refractivity contribution in [3.05, 3.63) is 11.1 Å². The molecule has 0 saturated carbocycles. The summed E-state index contributed by atoms with van der Waals surface area (Å²) in [5.41, 5.74) is 0.453. The Kier molecular flexibility index (Phi) is 2.17. The van der Waals surface area contributed by atoms with Crippen molar-refractivity contribution < 1.29 is 9.59 Å². The molecule has 0 aliphatic carbocycles. The third kappa shape index (κ3) is 1.21. The van der Waals surface area contributed by atoms with Gasteiger partial charge in [0.05, 0.1) is 5.92 Å². The zero-order chi connectivity index (χ0) is 10.2. The minimum absolute atomic E-state index is 0.0328. The number of amides is 2. The number of nitriles is 1. The molecule has 1 atom stereocenters. The Balaban J connectivity index is 3.28. The zero-order valence-electron chi connectivity index (χ0n) is 7.37. The van der Waals surface area contributed by atoms with E-state index < -0.39 is 17.7 Å². The number of nitrogens with zero attached hydrogens (tertiary/aromatic N) is 2. The summed E-state index contributed by atoms with van der Waals surface area (Å²) in [4.78, 5) is 22.5. The van der Waals surface area contributed by atoms with Crippen molar-refractivity contribution in [2.45, 2.75) is 13.8 Å². The molecule has 1 heterocycles. The maximum absolute atomic E-state index is 11.2. The number of hydrogen-bond donors (Lipinski definition) is 1. The van der Waals surface area contributed by atoms with Crippen LogP contribution in [0.3, 0.4) is 0 Å². The molecule has 13 heavy (non-hydrogen) atoms. The Hall–Kier alpha value is -1.67. The van der Waals surface area contributed by atoms with Gasteiger partial charge in [-0.2, -0.15) is 5.26 Å². The quantitative estimate of drug-likeness (QED) is 0.314. The van der Waals surface area contributed by atoms with E-state index in [0.717, 1.165) is 0 Å². The molecule has 0 saturated heterocycles. The molecule has 0 spiro atoms. The van der Waals surface area contributed by atoms with Crippen LogP contribution in [0.4, 0.5) is 0 Å². The molecule has 1 aliphatic rings. The van der Waals surface area contributed by atoms with Gasteiger partial charge in [0.25, 0.3) is 11.8 Å². The molecule has 5 nitrogen and oxygen atoms in total. The number of rotatable bonds is 0. The van der Waals surface area contributed by atoms with Crippen LogP contribution in [0.2, 0.25) is 0 Å². The van der Waals surface area contributed by atoms with Crippen molar-refractivity contribution in [2.24, 2.45) is 11.8 Å². The van der Waals surface area contributed by atoms with Crippen LogP contribution in [0.25, 0.3) is 0 Å². The van der Waals surface area contributed by atoms with E-state index in [0.29, 0.717) is 10.6 Å². The van der Waals surface area contributed by atoms with Gasteiger partial charge >= 0.3 is 0 Å². The minimum Gasteiger partial charge on any atom is -0.272 e. The van der Waals surface area contributed by atoms with Crippen molar-refractivity contribution in [2.75, 3.05) is 0 Å². The number of imide groups is 1. The molecular formula is C8H9N3O2. The number of hydrogen-bond acceptors (Lipinski definition) is 4. The minimum atomic E-state index is -0.719. The summed E-state index contributed by atoms with van der Waals surface area (Å²) in [6, 6.07) is 1.74. The van der Waals surface area contributed by atoms with Crippen molar-refractivity contribution in [3.63, 3.8) is 0 Å². The molecule has 1 unspecified atom stereocenters. The second kappa shape index (κ2) is 2.99. The van der Waals surface area contributed by atoms with Gasteiger partial charge in [-0.1, -0.05) is 0 Å². The summed E-state index contributed by atoms with van der Waals surface area (Å²) in [5, 5.41) is 9.13. The van der Waals surface area contributed by atoms with E-state index >= 15 is 0 Å². The van der Waals surface area contributed by atoms with Gasteiger partial charge in [-0.25, -0.2) is 10.9 Å². The molecule has 1 rings (SSSR count). The first kappa shape index (κ1) is 9.42. The first-order valence-electron chi connectivity index (χ1n) is 3.74. The molecule has 0 fully saturated rings. The molecule has 0 aromatic rings. The Labute approximate surface area is 75.4 Å². The summed E-state index contributed by atoms with van der Waals surface area (Å²) < 4.78 is 0. The van der Waals surface area contributed by atoms with Crippen molar-refractivity contribution >= 4 is 11.8 Å². The largest absolute Gasteiger partial charge is 0.285 e. The summed E-state index contributed by atoms with van der Waals surface area (Å²) in [6.45, 7) is 3.20. The zero-order valence-corrected chi connectivity index (χ0v) is 7.37. The fourth-order valence-electron chi connectivity index (χ4n) is 1.14. The normalized spacial score (nSPS) is 23.5. The fourth-order valence-corrected chi connectivity index (χ4v) is 1.14. The van der Waals surface area contributed by atoms with Crippen LogP contribution in [0.1, 0.15) is 13.8 Å². The third-order valence-corrected chi connectivity index (χ3v) is 2.20. The molecule has 0 aromatic heterocycles. The topological polar surface area (TPSA) is 87.2 Å². The van der Waals surface area contributed by atoms with Gasteiger partial charge in [0, 0.05) is 0 Å². The molecule has 2 amide bonds. The van der Waals surface area contributed by atoms with Crippen LogP contribution in [-0.4, -0.2) is 16.8 Å². The van der Waals surface area contributed by atoms with Crippen LogP contribution in [0.15, 0.2) is 11.1 Å². The number of hydrazine groups is 1. The first-order valence-corrected chi connectivity index (χ1v) is 3.74. The van der Waals surface area contributed by atoms with Gasteiger partial charge in [0.15, 0.2) is 0 Å². The second-order valence-corrected chi connectivity index (χ2v) is 2.90. The van der Waals surface area contributed by atoms with E-state index in [-0.39, 0.29) is 5.57 Å². The summed E-state index contributed by atoms with van der Waals surface area (Å²) in [5.74, 6) is 3.51. The van der Waals surface area contributed by atoms with E-state index in [1.807, 2.05) is 0 Å². The lowest BCUT2D eigenvalue weighted by molar-refractivity contribution is -0.145. The lowest BCUT2D eigenvalue weighted by Gasteiger charge is -2.25. The van der Waals surface area contributed by atoms with Crippen molar-refractivity contribution in [1.29, 1.82) is 5.26 Å². The highest BCUT2D eigenvalue weighted by Crippen LogP contribution is 2.22. The van der Waals surface area contributed by atoms with Gasteiger partial charge in [0.1, 0.15) is 11.6 Å². The Morgan fingerprint density at radius 1 is 1.54 bits per heavy atom. The van der Waals surface area contributed by atoms with E-state index in [2.05, 4.69) is 0 Å². The van der Waals surface area contributed by atoms with Crippen molar-refractivity contribution in [3.8, 4) is 6.07 Å². The highest BCUT2D eigenvalue weighted by Gasteiger charge is 2.34. The van der Waals surface area contributed by atoms with Gasteiger partial charge in [0.2, 0.25) is 0 Å². The molecule has 5 heteroatoms. The van der Waals surface area contributed by atoms with Gasteiger partial charge in [-0.05, 0) is 19.4 Å². The van der Waals surface area contributed by atoms with Gasteiger partial charge < -0.3 is 0 Å². The number of carbonyl (C=O) groups is 2. The molecule has 2 N–H and O–H groups in total. The molecule has 0 radical (unpaired) electrons. The average Bonchev–Trinajstić information content (AvgIpc) is 2.13. The van der Waals surface area contributed by atoms with E-state index in [9.17, 15) is 9.59 Å². The van der Waals surface area contributed by atoms with E-state index in [1.54, 1.807) is 19.9 Å². The van der Waals surface area contributed by atoms with Crippen LogP contribution in [-0.2, 0) is 9.59 Å². The molecular weight excluding hydrogens is 170 g/mol. The summed E-state index contributed by atoms with van der Waals surface area (Å²) in [7, 11) is 0. The maximum Gasteiger partial charge on any atom is 0.285 e. The Morgan fingerprint density at radius 2 is 2.08 bits per heavy atom. The van der Waals surface area contributed by atoms with Crippen LogP contribution in [0, 0.1) is 17.2 Å². The third-order valence-electron chi connectivity index (χ3n) is 2.20. The van der Waals surface area contributed by atoms with Gasteiger partial charge in [-0.15, -0.1) is 0 Å². The SMILES string of the molecule is CC1=C(C#N)C(=O)N(N)C(=O)C1C. The van der Waals surface area contributed by atoms with E-state index in [1.165, 1.54) is 0 Å². The fraction of sp³-hybridized carbons (Fsp3) is 0.375. The highest BCUT2D eigenvalue weighted by atomic mass is 16.2. The summed E-state index contributed by atoms with van der Waals surface area (Å²) >= 11 is 0. The van der Waals surface area contributed by atoms with Crippen LogP contribution >= 0.6 is 0 Å². The monoisotopic (exact) mass is 179 g/mol. The second-order valence-electron chi connectivity index (χ2n) is 2.90. The Bertz CT molecular complexity index is 351. The smallest absolute Gasteiger partial charge is 0.272 e. The number of carbonyl (C=O) groups excluding carboxylic acids is 2. The van der Waals surface area contributed by atoms with Gasteiger partial charge in [-0.3, -0.25) is 9.59 Å². The number of nitrogens with two attached hydrogens (primary N) is 1. The molecule has 0 bridgehead atoms. The van der Waals surface area contributed by atoms with Crippen molar-refractivity contribution in [1.82, 2.24) is 5.01 Å².